The van der Waals surface area contributed by atoms with Crippen LogP contribution in [0.3, 0.4) is 0 Å². The summed E-state index contributed by atoms with van der Waals surface area (Å²) in [6.07, 6.45) is 4.08. The minimum absolute atomic E-state index is 1.19. The number of H-pyrrole nitrogens is 2. The number of halogens is 2. The van der Waals surface area contributed by atoms with E-state index >= 15 is 0 Å². The van der Waals surface area contributed by atoms with Gasteiger partial charge in [-0.05, 0) is 57.3 Å². The average Bonchev–Trinajstić information content (AvgIpc) is 2.71. The Kier molecular flexibility index (Phi) is 2.01. The van der Waals surface area contributed by atoms with E-state index < -0.39 is 0 Å². The van der Waals surface area contributed by atoms with Crippen molar-refractivity contribution in [1.29, 1.82) is 0 Å². The highest BCUT2D eigenvalue weighted by Crippen LogP contribution is 2.28. The first kappa shape index (κ1) is 9.02. The number of rotatable bonds is 0. The minimum atomic E-state index is 1.19. The smallest absolute Gasteiger partial charge is 0.0486 e. The van der Waals surface area contributed by atoms with Crippen LogP contribution in [0.15, 0.2) is 24.5 Å². The zero-order valence-corrected chi connectivity index (χ0v) is 11.4. The molecule has 0 aliphatic rings. The van der Waals surface area contributed by atoms with Gasteiger partial charge in [-0.15, -0.1) is 0 Å². The van der Waals surface area contributed by atoms with Crippen LogP contribution in [0.1, 0.15) is 0 Å². The van der Waals surface area contributed by atoms with Crippen molar-refractivity contribution in [2.24, 2.45) is 0 Å². The van der Waals surface area contributed by atoms with Crippen LogP contribution in [0.4, 0.5) is 0 Å². The van der Waals surface area contributed by atoms with Crippen molar-refractivity contribution in [2.75, 3.05) is 0 Å². The summed E-state index contributed by atoms with van der Waals surface area (Å²) in [5, 5.41) is 2.60. The van der Waals surface area contributed by atoms with Gasteiger partial charge in [-0.1, -0.05) is 0 Å². The summed E-state index contributed by atoms with van der Waals surface area (Å²) in [6.45, 7) is 0. The Bertz CT molecular complexity index is 570. The number of fused-ring (bicyclic) bond motifs is 2. The molecule has 0 atom stereocenters. The van der Waals surface area contributed by atoms with Crippen molar-refractivity contribution in [1.82, 2.24) is 9.97 Å². The van der Waals surface area contributed by atoms with Crippen molar-refractivity contribution >= 4 is 67.0 Å². The number of nitrogens with one attached hydrogen (secondary N) is 2. The number of hydrogen-bond donors (Lipinski definition) is 2. The molecule has 0 unspecified atom stereocenters. The summed E-state index contributed by atoms with van der Waals surface area (Å²) in [4.78, 5) is 6.52. The lowest BCUT2D eigenvalue weighted by Crippen LogP contribution is -1.72. The lowest BCUT2D eigenvalue weighted by molar-refractivity contribution is 1.45. The van der Waals surface area contributed by atoms with E-state index in [2.05, 4.69) is 67.3 Å². The predicted octanol–water partition coefficient (Wildman–Crippen LogP) is 3.86. The molecule has 2 N–H and O–H groups in total. The fraction of sp³-hybridized carbons (Fsp3) is 0. The molecule has 70 valence electrons. The molecule has 0 saturated carbocycles. The minimum Gasteiger partial charge on any atom is -0.360 e. The van der Waals surface area contributed by atoms with Crippen LogP contribution in [0, 0.1) is 7.14 Å². The van der Waals surface area contributed by atoms with E-state index in [0.29, 0.717) is 0 Å². The largest absolute Gasteiger partial charge is 0.360 e. The maximum Gasteiger partial charge on any atom is 0.0486 e. The standard InChI is InChI=1S/C10H6I2N2/c11-7-3-13-9-2-10-6(1-5(7)9)8(12)4-14-10/h1-4,13-14H. The monoisotopic (exact) mass is 408 g/mol. The van der Waals surface area contributed by atoms with Crippen LogP contribution in [-0.4, -0.2) is 9.97 Å². The number of benzene rings is 1. The van der Waals surface area contributed by atoms with Gasteiger partial charge >= 0.3 is 0 Å². The molecule has 0 aliphatic heterocycles. The summed E-state index contributed by atoms with van der Waals surface area (Å²) in [5.74, 6) is 0. The molecule has 3 aromatic rings. The molecule has 1 aromatic carbocycles. The molecule has 4 heteroatoms. The molecule has 0 spiro atoms. The highest BCUT2D eigenvalue weighted by atomic mass is 127. The molecule has 0 bridgehead atoms. The van der Waals surface area contributed by atoms with Crippen LogP contribution in [-0.2, 0) is 0 Å². The molecule has 2 nitrogen and oxygen atoms in total. The molecule has 2 heterocycles. The first-order valence-corrected chi connectivity index (χ1v) is 6.34. The molecule has 0 saturated heterocycles. The van der Waals surface area contributed by atoms with Crippen LogP contribution >= 0.6 is 45.2 Å². The van der Waals surface area contributed by atoms with E-state index in [4.69, 9.17) is 0 Å². The van der Waals surface area contributed by atoms with Gasteiger partial charge < -0.3 is 9.97 Å². The summed E-state index contributed by atoms with van der Waals surface area (Å²) < 4.78 is 2.55. The Morgan fingerprint density at radius 1 is 0.786 bits per heavy atom. The van der Waals surface area contributed by atoms with Gasteiger partial charge in [0.05, 0.1) is 0 Å². The summed E-state index contributed by atoms with van der Waals surface area (Å²) in [7, 11) is 0. The lowest BCUT2D eigenvalue weighted by atomic mass is 10.2. The topological polar surface area (TPSA) is 31.6 Å². The Hall–Kier alpha value is -0.240. The number of hydrogen-bond acceptors (Lipinski definition) is 0. The summed E-state index contributed by atoms with van der Waals surface area (Å²) in [5.41, 5.74) is 2.39. The number of aromatic amines is 2. The maximum atomic E-state index is 3.26. The predicted molar refractivity (Wildman–Crippen MR) is 75.6 cm³/mol. The van der Waals surface area contributed by atoms with Gasteiger partial charge in [0.2, 0.25) is 0 Å². The molecule has 0 fully saturated rings. The first-order chi connectivity index (χ1) is 6.75. The normalized spacial score (nSPS) is 11.6. The van der Waals surface area contributed by atoms with Crippen LogP contribution in [0.25, 0.3) is 21.8 Å². The molecule has 0 amide bonds. The third-order valence-electron chi connectivity index (χ3n) is 2.38. The van der Waals surface area contributed by atoms with Gasteiger partial charge in [0.15, 0.2) is 0 Å². The van der Waals surface area contributed by atoms with Gasteiger partial charge in [0, 0.05) is 41.3 Å². The summed E-state index contributed by atoms with van der Waals surface area (Å²) >= 11 is 4.70. The SMILES string of the molecule is Ic1c[nH]c2cc3[nH]cc(I)c3cc12. The fourth-order valence-corrected chi connectivity index (χ4v) is 2.88. The molecule has 14 heavy (non-hydrogen) atoms. The van der Waals surface area contributed by atoms with E-state index in [1.54, 1.807) is 0 Å². The second-order valence-corrected chi connectivity index (χ2v) is 5.54. The molecular weight excluding hydrogens is 402 g/mol. The second-order valence-electron chi connectivity index (χ2n) is 3.22. The van der Waals surface area contributed by atoms with Gasteiger partial charge in [-0.2, -0.15) is 0 Å². The zero-order valence-electron chi connectivity index (χ0n) is 7.07. The van der Waals surface area contributed by atoms with Crippen molar-refractivity contribution in [3.8, 4) is 0 Å². The highest BCUT2D eigenvalue weighted by Gasteiger charge is 2.06. The van der Waals surface area contributed by atoms with E-state index in [0.717, 1.165) is 0 Å². The van der Waals surface area contributed by atoms with E-state index in [1.807, 2.05) is 12.4 Å². The molecule has 0 radical (unpaired) electrons. The van der Waals surface area contributed by atoms with Gasteiger partial charge in [0.1, 0.15) is 0 Å². The van der Waals surface area contributed by atoms with Crippen molar-refractivity contribution < 1.29 is 0 Å². The van der Waals surface area contributed by atoms with Gasteiger partial charge in [0.25, 0.3) is 0 Å². The zero-order chi connectivity index (χ0) is 9.71. The Morgan fingerprint density at radius 3 is 1.79 bits per heavy atom. The third-order valence-corrected chi connectivity index (χ3v) is 4.17. The van der Waals surface area contributed by atoms with Crippen LogP contribution in [0.5, 0.6) is 0 Å². The Labute approximate surface area is 108 Å². The highest BCUT2D eigenvalue weighted by molar-refractivity contribution is 14.1. The molecule has 0 aliphatic carbocycles. The van der Waals surface area contributed by atoms with Crippen LogP contribution < -0.4 is 0 Å². The fourth-order valence-electron chi connectivity index (χ4n) is 1.67. The van der Waals surface area contributed by atoms with E-state index in [9.17, 15) is 0 Å². The lowest BCUT2D eigenvalue weighted by Gasteiger charge is -1.93. The second kappa shape index (κ2) is 3.13. The van der Waals surface area contributed by atoms with E-state index in [1.165, 1.54) is 28.9 Å². The molecule has 2 aromatic heterocycles. The van der Waals surface area contributed by atoms with E-state index in [-0.39, 0.29) is 0 Å². The van der Waals surface area contributed by atoms with Crippen molar-refractivity contribution in [3.63, 3.8) is 0 Å². The first-order valence-electron chi connectivity index (χ1n) is 4.19. The quantitative estimate of drug-likeness (QED) is 0.530. The van der Waals surface area contributed by atoms with Gasteiger partial charge in [-0.3, -0.25) is 0 Å². The molecule has 3 rings (SSSR count). The van der Waals surface area contributed by atoms with Gasteiger partial charge in [-0.25, -0.2) is 0 Å². The summed E-state index contributed by atoms with van der Waals surface area (Å²) in [6, 6.07) is 4.40. The van der Waals surface area contributed by atoms with Crippen molar-refractivity contribution in [2.45, 2.75) is 0 Å². The third kappa shape index (κ3) is 1.19. The Morgan fingerprint density at radius 2 is 1.29 bits per heavy atom. The van der Waals surface area contributed by atoms with Crippen molar-refractivity contribution in [3.05, 3.63) is 31.7 Å². The number of aromatic nitrogens is 2. The molecular formula is C10H6I2N2. The Balaban J connectivity index is 2.57. The average molecular weight is 408 g/mol. The van der Waals surface area contributed by atoms with Crippen LogP contribution in [0.2, 0.25) is 0 Å². The maximum absolute atomic E-state index is 3.26.